The second kappa shape index (κ2) is 4.81. The fourth-order valence-corrected chi connectivity index (χ4v) is 2.07. The molecule has 0 saturated carbocycles. The molecular weight excluding hydrogens is 304 g/mol. The highest BCUT2D eigenvalue weighted by Crippen LogP contribution is 2.28. The van der Waals surface area contributed by atoms with E-state index in [1.54, 1.807) is 6.07 Å². The van der Waals surface area contributed by atoms with Crippen LogP contribution < -0.4 is 10.2 Å². The summed E-state index contributed by atoms with van der Waals surface area (Å²) < 4.78 is 10.9. The predicted octanol–water partition coefficient (Wildman–Crippen LogP) is 2.65. The van der Waals surface area contributed by atoms with Crippen LogP contribution in [0.25, 0.3) is 11.0 Å². The topological polar surface area (TPSA) is 76.7 Å². The Balaban J connectivity index is 2.75. The first-order chi connectivity index (χ1) is 8.52. The van der Waals surface area contributed by atoms with Crippen molar-refractivity contribution < 1.29 is 19.1 Å². The maximum absolute atomic E-state index is 11.8. The Kier molecular flexibility index (Phi) is 3.38. The van der Waals surface area contributed by atoms with Gasteiger partial charge in [-0.2, -0.15) is 0 Å². The van der Waals surface area contributed by atoms with Gasteiger partial charge in [-0.25, -0.2) is 4.79 Å². The monoisotopic (exact) mass is 312 g/mol. The SMILES string of the molecule is CCOc1cc(Br)c2oc(C(=O)O)cc(=O)c2c1. The van der Waals surface area contributed by atoms with E-state index in [-0.39, 0.29) is 11.0 Å². The van der Waals surface area contributed by atoms with Crippen LogP contribution in [0.5, 0.6) is 5.75 Å². The lowest BCUT2D eigenvalue weighted by molar-refractivity contribution is 0.0663. The first-order valence-corrected chi connectivity index (χ1v) is 5.95. The number of fused-ring (bicyclic) bond motifs is 1. The van der Waals surface area contributed by atoms with E-state index in [0.29, 0.717) is 16.8 Å². The minimum atomic E-state index is -1.28. The van der Waals surface area contributed by atoms with Crippen molar-refractivity contribution in [3.05, 3.63) is 38.7 Å². The number of benzene rings is 1. The number of hydrogen-bond donors (Lipinski definition) is 1. The molecule has 0 bridgehead atoms. The molecule has 2 rings (SSSR count). The summed E-state index contributed by atoms with van der Waals surface area (Å²) in [4.78, 5) is 22.6. The minimum Gasteiger partial charge on any atom is -0.494 e. The van der Waals surface area contributed by atoms with Crippen LogP contribution in [-0.4, -0.2) is 17.7 Å². The summed E-state index contributed by atoms with van der Waals surface area (Å²) in [5, 5.41) is 9.10. The molecule has 0 amide bonds. The molecule has 0 aliphatic rings. The van der Waals surface area contributed by atoms with Gasteiger partial charge < -0.3 is 14.3 Å². The molecule has 0 aliphatic heterocycles. The Morgan fingerprint density at radius 2 is 2.17 bits per heavy atom. The number of halogens is 1. The van der Waals surface area contributed by atoms with Gasteiger partial charge in [0.15, 0.2) is 11.0 Å². The summed E-state index contributed by atoms with van der Waals surface area (Å²) in [6.07, 6.45) is 0. The Morgan fingerprint density at radius 3 is 2.78 bits per heavy atom. The summed E-state index contributed by atoms with van der Waals surface area (Å²) in [6, 6.07) is 4.11. The van der Waals surface area contributed by atoms with Gasteiger partial charge in [0.25, 0.3) is 0 Å². The third kappa shape index (κ3) is 2.24. The van der Waals surface area contributed by atoms with Gasteiger partial charge in [0.05, 0.1) is 16.5 Å². The van der Waals surface area contributed by atoms with Gasteiger partial charge in [-0.1, -0.05) is 0 Å². The van der Waals surface area contributed by atoms with E-state index in [1.165, 1.54) is 6.07 Å². The van der Waals surface area contributed by atoms with Crippen LogP contribution in [-0.2, 0) is 0 Å². The number of carboxylic acid groups (broad SMARTS) is 1. The lowest BCUT2D eigenvalue weighted by atomic mass is 10.2. The van der Waals surface area contributed by atoms with E-state index in [2.05, 4.69) is 15.9 Å². The molecule has 0 unspecified atom stereocenters. The van der Waals surface area contributed by atoms with Crippen LogP contribution in [0.1, 0.15) is 17.5 Å². The molecule has 5 nitrogen and oxygen atoms in total. The van der Waals surface area contributed by atoms with E-state index < -0.39 is 17.2 Å². The van der Waals surface area contributed by atoms with Crippen LogP contribution in [0.3, 0.4) is 0 Å². The molecule has 0 fully saturated rings. The van der Waals surface area contributed by atoms with Gasteiger partial charge in [0.2, 0.25) is 5.76 Å². The molecule has 1 aromatic carbocycles. The number of rotatable bonds is 3. The third-order valence-corrected chi connectivity index (χ3v) is 2.87. The summed E-state index contributed by atoms with van der Waals surface area (Å²) in [7, 11) is 0. The van der Waals surface area contributed by atoms with Crippen LogP contribution in [0.15, 0.2) is 31.9 Å². The zero-order chi connectivity index (χ0) is 13.3. The summed E-state index contributed by atoms with van der Waals surface area (Å²) in [5.74, 6) is -1.15. The van der Waals surface area contributed by atoms with Gasteiger partial charge in [-0.15, -0.1) is 0 Å². The highest BCUT2D eigenvalue weighted by molar-refractivity contribution is 9.10. The zero-order valence-electron chi connectivity index (χ0n) is 9.40. The fraction of sp³-hybridized carbons (Fsp3) is 0.167. The normalized spacial score (nSPS) is 10.6. The molecule has 1 aromatic heterocycles. The molecule has 0 aliphatic carbocycles. The highest BCUT2D eigenvalue weighted by Gasteiger charge is 2.14. The maximum Gasteiger partial charge on any atom is 0.371 e. The average molecular weight is 313 g/mol. The lowest BCUT2D eigenvalue weighted by Crippen LogP contribution is -2.07. The minimum absolute atomic E-state index is 0.198. The Bertz CT molecular complexity index is 674. The molecule has 2 aromatic rings. The van der Waals surface area contributed by atoms with Crippen LogP contribution >= 0.6 is 15.9 Å². The van der Waals surface area contributed by atoms with Gasteiger partial charge in [-0.3, -0.25) is 4.79 Å². The smallest absolute Gasteiger partial charge is 0.371 e. The largest absolute Gasteiger partial charge is 0.494 e. The van der Waals surface area contributed by atoms with E-state index in [4.69, 9.17) is 14.3 Å². The number of aromatic carboxylic acids is 1. The summed E-state index contributed by atoms with van der Waals surface area (Å²) >= 11 is 3.23. The van der Waals surface area contributed by atoms with Crippen LogP contribution in [0, 0.1) is 0 Å². The second-order valence-electron chi connectivity index (χ2n) is 3.49. The zero-order valence-corrected chi connectivity index (χ0v) is 11.0. The van der Waals surface area contributed by atoms with E-state index in [9.17, 15) is 9.59 Å². The van der Waals surface area contributed by atoms with Gasteiger partial charge in [-0.05, 0) is 35.0 Å². The number of carbonyl (C=O) groups is 1. The van der Waals surface area contributed by atoms with Crippen molar-refractivity contribution in [2.75, 3.05) is 6.61 Å². The quantitative estimate of drug-likeness (QED) is 0.942. The maximum atomic E-state index is 11.8. The Labute approximate surface area is 110 Å². The predicted molar refractivity (Wildman–Crippen MR) is 68.3 cm³/mol. The van der Waals surface area contributed by atoms with Crippen molar-refractivity contribution in [3.63, 3.8) is 0 Å². The van der Waals surface area contributed by atoms with Crippen molar-refractivity contribution >= 4 is 32.9 Å². The Morgan fingerprint density at radius 1 is 1.44 bits per heavy atom. The Hall–Kier alpha value is -1.82. The van der Waals surface area contributed by atoms with Crippen LogP contribution in [0.2, 0.25) is 0 Å². The van der Waals surface area contributed by atoms with E-state index in [0.717, 1.165) is 6.07 Å². The standard InChI is InChI=1S/C12H9BrO5/c1-2-17-6-3-7-9(14)5-10(12(15)16)18-11(7)8(13)4-6/h3-5H,2H2,1H3,(H,15,16). The molecule has 0 saturated heterocycles. The number of ether oxygens (including phenoxy) is 1. The van der Waals surface area contributed by atoms with E-state index >= 15 is 0 Å². The molecule has 6 heteroatoms. The average Bonchev–Trinajstić information content (AvgIpc) is 2.30. The summed E-state index contributed by atoms with van der Waals surface area (Å²) in [6.45, 7) is 2.30. The van der Waals surface area contributed by atoms with Crippen molar-refractivity contribution in [3.8, 4) is 5.75 Å². The van der Waals surface area contributed by atoms with Gasteiger partial charge >= 0.3 is 5.97 Å². The van der Waals surface area contributed by atoms with Crippen molar-refractivity contribution in [2.24, 2.45) is 0 Å². The van der Waals surface area contributed by atoms with Gasteiger partial charge in [0, 0.05) is 6.07 Å². The van der Waals surface area contributed by atoms with E-state index in [1.807, 2.05) is 6.92 Å². The van der Waals surface area contributed by atoms with Crippen molar-refractivity contribution in [2.45, 2.75) is 6.92 Å². The fourth-order valence-electron chi connectivity index (χ4n) is 1.55. The van der Waals surface area contributed by atoms with Crippen molar-refractivity contribution in [1.82, 2.24) is 0 Å². The third-order valence-electron chi connectivity index (χ3n) is 2.28. The first-order valence-electron chi connectivity index (χ1n) is 5.16. The molecule has 0 radical (unpaired) electrons. The van der Waals surface area contributed by atoms with Gasteiger partial charge in [0.1, 0.15) is 5.75 Å². The number of hydrogen-bond acceptors (Lipinski definition) is 4. The highest BCUT2D eigenvalue weighted by atomic mass is 79.9. The molecule has 0 spiro atoms. The molecular formula is C12H9BrO5. The lowest BCUT2D eigenvalue weighted by Gasteiger charge is -2.06. The molecule has 1 N–H and O–H groups in total. The van der Waals surface area contributed by atoms with Crippen molar-refractivity contribution in [1.29, 1.82) is 0 Å². The number of carboxylic acids is 1. The second-order valence-corrected chi connectivity index (χ2v) is 4.35. The molecule has 18 heavy (non-hydrogen) atoms. The summed E-state index contributed by atoms with van der Waals surface area (Å²) in [5.41, 5.74) is -0.223. The van der Waals surface area contributed by atoms with Crippen LogP contribution in [0.4, 0.5) is 0 Å². The molecule has 0 atom stereocenters. The molecule has 1 heterocycles. The molecule has 94 valence electrons. The first kappa shape index (κ1) is 12.6.